The average molecular weight is 313 g/mol. The fraction of sp³-hybridized carbons (Fsp3) is 0.300. The van der Waals surface area contributed by atoms with Crippen molar-refractivity contribution in [1.82, 2.24) is 4.98 Å². The summed E-state index contributed by atoms with van der Waals surface area (Å²) in [7, 11) is -2.71. The van der Waals surface area contributed by atoms with Gasteiger partial charge >= 0.3 is 29.6 Å². The number of hydrogen-bond donors (Lipinski definition) is 1. The first-order chi connectivity index (χ1) is 8.25. The Hall–Kier alpha value is 0.370. The van der Waals surface area contributed by atoms with Gasteiger partial charge in [-0.25, -0.2) is 13.4 Å². The van der Waals surface area contributed by atoms with Crippen molar-refractivity contribution in [2.45, 2.75) is 10.8 Å². The van der Waals surface area contributed by atoms with E-state index in [0.717, 1.165) is 15.6 Å². The molecule has 0 aliphatic carbocycles. The molecule has 0 spiro atoms. The Labute approximate surface area is 138 Å². The molecular formula is C10H12NNaO3S3. The van der Waals surface area contributed by atoms with E-state index in [0.29, 0.717) is 6.42 Å². The van der Waals surface area contributed by atoms with Gasteiger partial charge in [0.2, 0.25) is 0 Å². The van der Waals surface area contributed by atoms with Crippen molar-refractivity contribution in [2.75, 3.05) is 12.4 Å². The minimum absolute atomic E-state index is 0. The fourth-order valence-electron chi connectivity index (χ4n) is 1.27. The number of para-hydroxylation sites is 1. The van der Waals surface area contributed by atoms with E-state index in [9.17, 15) is 8.42 Å². The van der Waals surface area contributed by atoms with Gasteiger partial charge in [0.05, 0.1) is 16.8 Å². The Morgan fingerprint density at radius 1 is 1.33 bits per heavy atom. The number of rotatable bonds is 6. The molecule has 4 nitrogen and oxygen atoms in total. The van der Waals surface area contributed by atoms with Crippen LogP contribution in [0.15, 0.2) is 28.6 Å². The quantitative estimate of drug-likeness (QED) is 0.380. The Balaban J connectivity index is 0.00000162. The van der Waals surface area contributed by atoms with Crippen LogP contribution in [-0.4, -0.2) is 55.3 Å². The zero-order valence-corrected chi connectivity index (χ0v) is 11.4. The van der Waals surface area contributed by atoms with Gasteiger partial charge in [0.15, 0.2) is 4.34 Å². The molecular weight excluding hydrogens is 301 g/mol. The van der Waals surface area contributed by atoms with Crippen LogP contribution in [0.1, 0.15) is 6.42 Å². The predicted molar refractivity (Wildman–Crippen MR) is 78.4 cm³/mol. The van der Waals surface area contributed by atoms with Gasteiger partial charge in [0.25, 0.3) is 11.0 Å². The summed E-state index contributed by atoms with van der Waals surface area (Å²) in [6.07, 6.45) is 0.698. The van der Waals surface area contributed by atoms with Crippen molar-refractivity contribution in [3.8, 4) is 0 Å². The first-order valence-electron chi connectivity index (χ1n) is 5.01. The zero-order chi connectivity index (χ0) is 12.1. The van der Waals surface area contributed by atoms with Gasteiger partial charge < -0.3 is 0 Å². The predicted octanol–water partition coefficient (Wildman–Crippen LogP) is 1.67. The summed E-state index contributed by atoms with van der Waals surface area (Å²) in [6.45, 7) is 0.247. The molecule has 2 aromatic rings. The first-order valence-corrected chi connectivity index (χ1v) is 7.91. The number of thiazole rings is 1. The summed E-state index contributed by atoms with van der Waals surface area (Å²) in [6, 6.07) is 7.99. The van der Waals surface area contributed by atoms with Crippen molar-refractivity contribution in [3.05, 3.63) is 24.3 Å². The van der Waals surface area contributed by atoms with E-state index in [2.05, 4.69) is 9.17 Å². The monoisotopic (exact) mass is 313 g/mol. The molecule has 0 radical (unpaired) electrons. The summed E-state index contributed by atoms with van der Waals surface area (Å²) in [5, 5.41) is 0. The number of thioether (sulfide) groups is 1. The molecule has 0 aliphatic heterocycles. The number of benzene rings is 1. The van der Waals surface area contributed by atoms with Crippen LogP contribution in [0.25, 0.3) is 10.2 Å². The van der Waals surface area contributed by atoms with Crippen LogP contribution in [0.2, 0.25) is 0 Å². The molecule has 94 valence electrons. The van der Waals surface area contributed by atoms with E-state index in [1.807, 2.05) is 24.3 Å². The third-order valence-corrected chi connectivity index (χ3v) is 4.64. The SMILES string of the molecule is O=[SH](=O)OCCCSc1nc2ccccc2s1.[NaH]. The second-order valence-electron chi connectivity index (χ2n) is 3.21. The van der Waals surface area contributed by atoms with Crippen LogP contribution in [0, 0.1) is 0 Å². The van der Waals surface area contributed by atoms with E-state index in [-0.39, 0.29) is 36.2 Å². The first kappa shape index (κ1) is 16.4. The number of hydrogen-bond acceptors (Lipinski definition) is 6. The van der Waals surface area contributed by atoms with E-state index in [1.165, 1.54) is 4.70 Å². The zero-order valence-electron chi connectivity index (χ0n) is 8.87. The van der Waals surface area contributed by atoms with E-state index < -0.39 is 11.0 Å². The summed E-state index contributed by atoms with van der Waals surface area (Å²) >= 11 is 3.28. The van der Waals surface area contributed by atoms with Crippen LogP contribution in [0.3, 0.4) is 0 Å². The molecule has 2 rings (SSSR count). The third-order valence-electron chi connectivity index (χ3n) is 1.99. The summed E-state index contributed by atoms with van der Waals surface area (Å²) < 4.78 is 26.9. The fourth-order valence-corrected chi connectivity index (χ4v) is 3.60. The molecule has 0 amide bonds. The molecule has 1 heterocycles. The summed E-state index contributed by atoms with van der Waals surface area (Å²) in [5.74, 6) is 0.809. The molecule has 18 heavy (non-hydrogen) atoms. The van der Waals surface area contributed by atoms with E-state index in [1.54, 1.807) is 23.1 Å². The second kappa shape index (κ2) is 8.52. The normalized spacial score (nSPS) is 10.7. The van der Waals surface area contributed by atoms with E-state index in [4.69, 9.17) is 0 Å². The molecule has 0 saturated carbocycles. The Morgan fingerprint density at radius 2 is 2.11 bits per heavy atom. The van der Waals surface area contributed by atoms with Crippen molar-refractivity contribution in [2.24, 2.45) is 0 Å². The number of nitrogens with zero attached hydrogens (tertiary/aromatic N) is 1. The van der Waals surface area contributed by atoms with Crippen molar-refractivity contribution < 1.29 is 12.6 Å². The van der Waals surface area contributed by atoms with Crippen LogP contribution in [0.4, 0.5) is 0 Å². The van der Waals surface area contributed by atoms with Crippen LogP contribution < -0.4 is 0 Å². The van der Waals surface area contributed by atoms with Gasteiger partial charge in [-0.3, -0.25) is 4.18 Å². The maximum atomic E-state index is 10.1. The van der Waals surface area contributed by atoms with Crippen molar-refractivity contribution in [1.29, 1.82) is 0 Å². The Morgan fingerprint density at radius 3 is 2.83 bits per heavy atom. The molecule has 8 heteroatoms. The Bertz CT molecular complexity index is 529. The van der Waals surface area contributed by atoms with Gasteiger partial charge in [-0.05, 0) is 18.6 Å². The molecule has 0 N–H and O–H groups in total. The van der Waals surface area contributed by atoms with Gasteiger partial charge in [-0.2, -0.15) is 0 Å². The van der Waals surface area contributed by atoms with Crippen LogP contribution >= 0.6 is 23.1 Å². The summed E-state index contributed by atoms with van der Waals surface area (Å²) in [5.41, 5.74) is 1.01. The van der Waals surface area contributed by atoms with Gasteiger partial charge in [-0.1, -0.05) is 23.9 Å². The molecule has 0 saturated heterocycles. The molecule has 1 aromatic carbocycles. The molecule has 0 fully saturated rings. The molecule has 1 aromatic heterocycles. The summed E-state index contributed by atoms with van der Waals surface area (Å²) in [4.78, 5) is 4.47. The van der Waals surface area contributed by atoms with Crippen molar-refractivity contribution >= 4 is 73.9 Å². The minimum atomic E-state index is -2.71. The van der Waals surface area contributed by atoms with Gasteiger partial charge in [-0.15, -0.1) is 11.3 Å². The maximum absolute atomic E-state index is 10.1. The Kier molecular flexibility index (Phi) is 7.78. The third kappa shape index (κ3) is 5.16. The van der Waals surface area contributed by atoms with Crippen LogP contribution in [-0.2, 0) is 15.2 Å². The van der Waals surface area contributed by atoms with E-state index >= 15 is 0 Å². The molecule has 0 bridgehead atoms. The molecule has 0 unspecified atom stereocenters. The second-order valence-corrected chi connectivity index (χ2v) is 6.28. The standard InChI is InChI=1S/C10H11NO3S3.Na.H/c12-17(13)14-6-3-7-15-10-11-8-4-1-2-5-9(8)16-10;;/h1-2,4-5,17H,3,6-7H2;;. The average Bonchev–Trinajstić information content (AvgIpc) is 2.70. The van der Waals surface area contributed by atoms with Gasteiger partial charge in [0.1, 0.15) is 0 Å². The number of fused-ring (bicyclic) bond motifs is 1. The number of aromatic nitrogens is 1. The number of thiol groups is 1. The molecule has 0 atom stereocenters. The molecule has 0 aliphatic rings. The van der Waals surface area contributed by atoms with Gasteiger partial charge in [0, 0.05) is 5.75 Å². The van der Waals surface area contributed by atoms with Crippen LogP contribution in [0.5, 0.6) is 0 Å². The van der Waals surface area contributed by atoms with Crippen molar-refractivity contribution in [3.63, 3.8) is 0 Å². The topological polar surface area (TPSA) is 56.3 Å².